The number of hydrogen-bond acceptors (Lipinski definition) is 8. The standard InChI is InChI=1S/C25H36N4O8/c1-13(14(2)30)8-22(34)19(11-23(26)35)28-24(36)21-10-18(33)12-29(21)25(37)20(27-15(3)31)9-16-4-6-17(32)7-5-16/h4-7,13-14,18-21,30,32-33H,8-12H2,1-3H3,(H2,26,35)(H,27,31)(H,28,36)/t13-,14+,18+,19-,20+,21-/m0/s1. The number of carbonyl (C=O) groups excluding carboxylic acids is 5. The number of nitrogens with two attached hydrogens (primary N) is 1. The van der Waals surface area contributed by atoms with Gasteiger partial charge in [0, 0.05) is 32.7 Å². The van der Waals surface area contributed by atoms with Crippen molar-refractivity contribution in [3.05, 3.63) is 29.8 Å². The number of nitrogens with zero attached hydrogens (tertiary/aromatic N) is 1. The van der Waals surface area contributed by atoms with E-state index < -0.39 is 72.1 Å². The summed E-state index contributed by atoms with van der Waals surface area (Å²) in [6.45, 7) is 4.24. The predicted octanol–water partition coefficient (Wildman–Crippen LogP) is -1.26. The second-order valence-corrected chi connectivity index (χ2v) is 9.64. The number of benzene rings is 1. The number of ketones is 1. The van der Waals surface area contributed by atoms with E-state index in [2.05, 4.69) is 10.6 Å². The summed E-state index contributed by atoms with van der Waals surface area (Å²) in [5, 5.41) is 34.5. The van der Waals surface area contributed by atoms with Crippen LogP contribution in [-0.4, -0.2) is 86.5 Å². The summed E-state index contributed by atoms with van der Waals surface area (Å²) in [5.74, 6) is -3.54. The lowest BCUT2D eigenvalue weighted by molar-refractivity contribution is -0.142. The molecule has 12 nitrogen and oxygen atoms in total. The zero-order valence-corrected chi connectivity index (χ0v) is 21.2. The van der Waals surface area contributed by atoms with Crippen molar-refractivity contribution in [2.24, 2.45) is 11.7 Å². The van der Waals surface area contributed by atoms with Crippen LogP contribution in [0.3, 0.4) is 0 Å². The normalized spacial score (nSPS) is 20.4. The maximum Gasteiger partial charge on any atom is 0.246 e. The summed E-state index contributed by atoms with van der Waals surface area (Å²) in [6.07, 6.45) is -2.41. The molecule has 0 saturated carbocycles. The lowest BCUT2D eigenvalue weighted by Crippen LogP contribution is -2.56. The summed E-state index contributed by atoms with van der Waals surface area (Å²) in [4.78, 5) is 63.9. The van der Waals surface area contributed by atoms with E-state index in [0.29, 0.717) is 5.56 Å². The molecule has 0 unspecified atom stereocenters. The second-order valence-electron chi connectivity index (χ2n) is 9.64. The Kier molecular flexibility index (Phi) is 10.6. The number of likely N-dealkylation sites (tertiary alicyclic amines) is 1. The van der Waals surface area contributed by atoms with Crippen LogP contribution in [-0.2, 0) is 30.4 Å². The molecule has 1 aliphatic rings. The van der Waals surface area contributed by atoms with Crippen molar-refractivity contribution < 1.29 is 39.3 Å². The quantitative estimate of drug-likeness (QED) is 0.196. The third kappa shape index (κ3) is 8.83. The van der Waals surface area contributed by atoms with Crippen molar-refractivity contribution in [1.29, 1.82) is 0 Å². The van der Waals surface area contributed by atoms with Crippen LogP contribution in [0.4, 0.5) is 0 Å². The lowest BCUT2D eigenvalue weighted by atomic mass is 9.94. The Morgan fingerprint density at radius 2 is 1.68 bits per heavy atom. The first-order valence-electron chi connectivity index (χ1n) is 12.1. The van der Waals surface area contributed by atoms with Gasteiger partial charge >= 0.3 is 0 Å². The van der Waals surface area contributed by atoms with Gasteiger partial charge in [-0.1, -0.05) is 19.1 Å². The predicted molar refractivity (Wildman–Crippen MR) is 132 cm³/mol. The average molecular weight is 521 g/mol. The minimum absolute atomic E-state index is 0.0356. The van der Waals surface area contributed by atoms with Crippen LogP contribution < -0.4 is 16.4 Å². The van der Waals surface area contributed by atoms with Gasteiger partial charge in [0.1, 0.15) is 17.8 Å². The molecule has 1 fully saturated rings. The van der Waals surface area contributed by atoms with E-state index >= 15 is 0 Å². The minimum atomic E-state index is -1.26. The third-order valence-electron chi connectivity index (χ3n) is 6.37. The highest BCUT2D eigenvalue weighted by Gasteiger charge is 2.42. The lowest BCUT2D eigenvalue weighted by Gasteiger charge is -2.29. The van der Waals surface area contributed by atoms with Gasteiger partial charge in [0.25, 0.3) is 0 Å². The Balaban J connectivity index is 2.22. The van der Waals surface area contributed by atoms with Gasteiger partial charge in [-0.25, -0.2) is 0 Å². The van der Waals surface area contributed by atoms with Gasteiger partial charge in [-0.2, -0.15) is 0 Å². The molecule has 1 heterocycles. The molecule has 0 spiro atoms. The van der Waals surface area contributed by atoms with Crippen LogP contribution in [0.5, 0.6) is 5.75 Å². The molecule has 1 saturated heterocycles. The van der Waals surface area contributed by atoms with Crippen molar-refractivity contribution in [2.75, 3.05) is 6.54 Å². The van der Waals surface area contributed by atoms with E-state index in [9.17, 15) is 39.3 Å². The maximum atomic E-state index is 13.4. The second kappa shape index (κ2) is 13.2. The molecule has 0 bridgehead atoms. The Morgan fingerprint density at radius 1 is 1.05 bits per heavy atom. The zero-order valence-electron chi connectivity index (χ0n) is 21.2. The molecule has 1 aliphatic heterocycles. The highest BCUT2D eigenvalue weighted by molar-refractivity contribution is 5.96. The fourth-order valence-electron chi connectivity index (χ4n) is 4.16. The van der Waals surface area contributed by atoms with Crippen molar-refractivity contribution in [2.45, 2.75) is 76.8 Å². The van der Waals surface area contributed by atoms with Gasteiger partial charge in [0.05, 0.1) is 24.7 Å². The number of rotatable bonds is 12. The van der Waals surface area contributed by atoms with Crippen molar-refractivity contribution >= 4 is 29.4 Å². The smallest absolute Gasteiger partial charge is 0.246 e. The fraction of sp³-hybridized carbons (Fsp3) is 0.560. The van der Waals surface area contributed by atoms with E-state index in [1.54, 1.807) is 19.1 Å². The van der Waals surface area contributed by atoms with Crippen molar-refractivity contribution in [1.82, 2.24) is 15.5 Å². The minimum Gasteiger partial charge on any atom is -0.508 e. The van der Waals surface area contributed by atoms with E-state index in [1.165, 1.54) is 26.0 Å². The van der Waals surface area contributed by atoms with Gasteiger partial charge in [-0.15, -0.1) is 0 Å². The molecule has 0 aliphatic carbocycles. The number of primary amides is 1. The third-order valence-corrected chi connectivity index (χ3v) is 6.37. The number of amides is 4. The van der Waals surface area contributed by atoms with Crippen LogP contribution in [0.15, 0.2) is 24.3 Å². The molecule has 7 N–H and O–H groups in total. The number of nitrogens with one attached hydrogen (secondary N) is 2. The molecule has 204 valence electrons. The highest BCUT2D eigenvalue weighted by atomic mass is 16.3. The molecule has 0 aromatic heterocycles. The summed E-state index contributed by atoms with van der Waals surface area (Å²) in [5.41, 5.74) is 5.91. The molecular formula is C25H36N4O8. The maximum absolute atomic E-state index is 13.4. The van der Waals surface area contributed by atoms with Gasteiger partial charge < -0.3 is 36.6 Å². The van der Waals surface area contributed by atoms with Crippen LogP contribution in [0.2, 0.25) is 0 Å². The van der Waals surface area contributed by atoms with Crippen molar-refractivity contribution in [3.63, 3.8) is 0 Å². The number of aliphatic hydroxyl groups is 2. The molecule has 12 heteroatoms. The Bertz CT molecular complexity index is 997. The van der Waals surface area contributed by atoms with E-state index in [4.69, 9.17) is 5.73 Å². The topological polar surface area (TPSA) is 199 Å². The Morgan fingerprint density at radius 3 is 2.22 bits per heavy atom. The molecule has 4 amide bonds. The summed E-state index contributed by atoms with van der Waals surface area (Å²) >= 11 is 0. The number of hydrogen-bond donors (Lipinski definition) is 6. The zero-order chi connectivity index (χ0) is 27.9. The first kappa shape index (κ1) is 29.7. The van der Waals surface area contributed by atoms with Gasteiger partial charge in [0.2, 0.25) is 23.6 Å². The first-order valence-corrected chi connectivity index (χ1v) is 12.1. The summed E-state index contributed by atoms with van der Waals surface area (Å²) in [7, 11) is 0. The van der Waals surface area contributed by atoms with Crippen LogP contribution in [0.1, 0.15) is 45.6 Å². The molecule has 2 rings (SSSR count). The molecular weight excluding hydrogens is 484 g/mol. The largest absolute Gasteiger partial charge is 0.508 e. The number of Topliss-reactive ketones (excluding diaryl/α,β-unsaturated/α-hetero) is 1. The number of carbonyl (C=O) groups is 5. The number of aliphatic hydroxyl groups excluding tert-OH is 2. The van der Waals surface area contributed by atoms with Crippen LogP contribution in [0, 0.1) is 5.92 Å². The average Bonchev–Trinajstić information content (AvgIpc) is 3.20. The van der Waals surface area contributed by atoms with E-state index in [0.717, 1.165) is 4.90 Å². The summed E-state index contributed by atoms with van der Waals surface area (Å²) in [6, 6.07) is 2.59. The van der Waals surface area contributed by atoms with Gasteiger partial charge in [0.15, 0.2) is 5.78 Å². The number of β-amino-alcohol motifs (C(OH)–C–C–N with tert-alkyl or cyclic N) is 1. The van der Waals surface area contributed by atoms with Gasteiger partial charge in [-0.3, -0.25) is 24.0 Å². The molecule has 37 heavy (non-hydrogen) atoms. The summed E-state index contributed by atoms with van der Waals surface area (Å²) < 4.78 is 0. The fourth-order valence-corrected chi connectivity index (χ4v) is 4.16. The molecule has 1 aromatic carbocycles. The van der Waals surface area contributed by atoms with E-state index in [-0.39, 0.29) is 31.6 Å². The van der Waals surface area contributed by atoms with Crippen LogP contribution in [0.25, 0.3) is 0 Å². The Labute approximate surface area is 215 Å². The number of aromatic hydroxyl groups is 1. The SMILES string of the molecule is CC(=O)N[C@H](Cc1ccc(O)cc1)C(=O)N1C[C@H](O)C[C@H]1C(=O)N[C@@H](CC(N)=O)C(=O)C[C@H](C)[C@@H](C)O. The van der Waals surface area contributed by atoms with E-state index in [1.807, 2.05) is 0 Å². The highest BCUT2D eigenvalue weighted by Crippen LogP contribution is 2.22. The molecule has 6 atom stereocenters. The number of phenols is 1. The molecule has 0 radical (unpaired) electrons. The monoisotopic (exact) mass is 520 g/mol. The Hall–Kier alpha value is -3.51. The van der Waals surface area contributed by atoms with Crippen molar-refractivity contribution in [3.8, 4) is 5.75 Å². The first-order chi connectivity index (χ1) is 17.3. The molecule has 1 aromatic rings. The number of phenolic OH excluding ortho intramolecular Hbond substituents is 1. The van der Waals surface area contributed by atoms with Crippen LogP contribution >= 0.6 is 0 Å². The van der Waals surface area contributed by atoms with Gasteiger partial charge in [-0.05, 0) is 30.5 Å².